The van der Waals surface area contributed by atoms with Crippen LogP contribution in [0.3, 0.4) is 0 Å². The minimum absolute atomic E-state index is 0.0100. The van der Waals surface area contributed by atoms with Gasteiger partial charge in [-0.05, 0) is 17.7 Å². The molecule has 0 spiro atoms. The topological polar surface area (TPSA) is 119 Å². The largest absolute Gasteiger partial charge is 0.394 e. The lowest BCUT2D eigenvalue weighted by Crippen LogP contribution is -2.29. The molecule has 9 heteroatoms. The van der Waals surface area contributed by atoms with Crippen LogP contribution in [0.1, 0.15) is 0 Å². The van der Waals surface area contributed by atoms with E-state index < -0.39 is 12.2 Å². The summed E-state index contributed by atoms with van der Waals surface area (Å²) in [5.41, 5.74) is 6.52. The number of nitrogens with zero attached hydrogens (tertiary/aromatic N) is 4. The van der Waals surface area contributed by atoms with Gasteiger partial charge in [0.2, 0.25) is 5.28 Å². The number of nitrogens with two attached hydrogens (primary N) is 1. The quantitative estimate of drug-likeness (QED) is 0.659. The van der Waals surface area contributed by atoms with Crippen molar-refractivity contribution >= 4 is 34.8 Å². The maximum absolute atomic E-state index is 9.80. The van der Waals surface area contributed by atoms with Crippen LogP contribution in [0.15, 0.2) is 12.4 Å². The number of imidazole rings is 1. The lowest BCUT2D eigenvalue weighted by molar-refractivity contribution is -0.0207. The molecule has 0 aliphatic rings. The van der Waals surface area contributed by atoms with Gasteiger partial charge in [-0.15, -0.1) is 0 Å². The van der Waals surface area contributed by atoms with Gasteiger partial charge >= 0.3 is 0 Å². The normalized spacial score (nSPS) is 15.0. The summed E-state index contributed by atoms with van der Waals surface area (Å²) in [5, 5.41) is 18.8. The minimum Gasteiger partial charge on any atom is -0.394 e. The van der Waals surface area contributed by atoms with Crippen LogP contribution in [-0.2, 0) is 4.74 Å². The van der Waals surface area contributed by atoms with Crippen LogP contribution >= 0.6 is 11.6 Å². The smallest absolute Gasteiger partial charge is 0.226 e. The Labute approximate surface area is 119 Å². The Kier molecular flexibility index (Phi) is 4.50. The fraction of sp³-hybridized carbons (Fsp3) is 0.364. The number of fused-ring (bicyclic) bond motifs is 1. The second kappa shape index (κ2) is 6.14. The van der Waals surface area contributed by atoms with E-state index >= 15 is 0 Å². The van der Waals surface area contributed by atoms with Crippen molar-refractivity contribution in [3.05, 3.63) is 17.7 Å². The predicted octanol–water partition coefficient (Wildman–Crippen LogP) is -0.0992. The summed E-state index contributed by atoms with van der Waals surface area (Å²) in [6, 6.07) is 0. The summed E-state index contributed by atoms with van der Waals surface area (Å²) in [6.07, 6.45) is 2.76. The zero-order chi connectivity index (χ0) is 14.7. The number of halogens is 1. The van der Waals surface area contributed by atoms with E-state index in [1.165, 1.54) is 30.3 Å². The number of hydrogen-bond donors (Lipinski definition) is 3. The Morgan fingerprint density at radius 1 is 1.55 bits per heavy atom. The molecule has 0 fully saturated rings. The van der Waals surface area contributed by atoms with Crippen molar-refractivity contribution in [1.29, 1.82) is 0 Å². The summed E-state index contributed by atoms with van der Waals surface area (Å²) >= 11 is 5.74. The van der Waals surface area contributed by atoms with Crippen LogP contribution in [0.4, 0.5) is 5.82 Å². The molecule has 0 radical (unpaired) electrons. The van der Waals surface area contributed by atoms with Crippen LogP contribution in [0, 0.1) is 0 Å². The van der Waals surface area contributed by atoms with E-state index in [0.29, 0.717) is 11.2 Å². The maximum Gasteiger partial charge on any atom is 0.226 e. The van der Waals surface area contributed by atoms with Crippen LogP contribution in [0.25, 0.3) is 17.4 Å². The lowest BCUT2D eigenvalue weighted by atomic mass is 10.2. The summed E-state index contributed by atoms with van der Waals surface area (Å²) < 4.78 is 6.45. The Morgan fingerprint density at radius 3 is 2.95 bits per heavy atom. The monoisotopic (exact) mass is 299 g/mol. The Hall–Kier alpha value is -1.74. The first-order valence-corrected chi connectivity index (χ1v) is 6.10. The third kappa shape index (κ3) is 2.88. The molecule has 2 aromatic rings. The van der Waals surface area contributed by atoms with Crippen molar-refractivity contribution in [3.63, 3.8) is 0 Å². The molecule has 108 valence electrons. The molecule has 0 aromatic carbocycles. The molecule has 2 heterocycles. The zero-order valence-electron chi connectivity index (χ0n) is 10.6. The van der Waals surface area contributed by atoms with Crippen LogP contribution in [0.5, 0.6) is 0 Å². The number of rotatable bonds is 5. The van der Waals surface area contributed by atoms with Gasteiger partial charge in [-0.25, -0.2) is 4.98 Å². The van der Waals surface area contributed by atoms with Gasteiger partial charge in [-0.2, -0.15) is 9.97 Å². The molecule has 0 aliphatic heterocycles. The molecule has 4 N–H and O–H groups in total. The van der Waals surface area contributed by atoms with E-state index in [4.69, 9.17) is 27.2 Å². The van der Waals surface area contributed by atoms with Crippen molar-refractivity contribution in [2.45, 2.75) is 12.2 Å². The number of aliphatic hydroxyl groups excluding tert-OH is 2. The molecule has 20 heavy (non-hydrogen) atoms. The maximum atomic E-state index is 9.80. The van der Waals surface area contributed by atoms with E-state index in [1.807, 2.05) is 0 Å². The summed E-state index contributed by atoms with van der Waals surface area (Å²) in [4.78, 5) is 11.9. The molecule has 0 bridgehead atoms. The predicted molar refractivity (Wildman–Crippen MR) is 74.0 cm³/mol. The second-order valence-electron chi connectivity index (χ2n) is 3.99. The minimum atomic E-state index is -0.975. The van der Waals surface area contributed by atoms with E-state index in [1.54, 1.807) is 0 Å². The molecule has 2 aromatic heterocycles. The van der Waals surface area contributed by atoms with Crippen molar-refractivity contribution in [1.82, 2.24) is 19.5 Å². The standard InChI is InChI=1S/C11H14ClN5O3/c1-20-7(4-18)6(19)2-3-17-5-14-8-9(13)15-11(12)16-10(8)17/h2-3,5-7,18-19H,4H2,1H3,(H2,13,15,16)/t6-,7?/m1/s1. The number of anilines is 1. The summed E-state index contributed by atoms with van der Waals surface area (Å²) in [5.74, 6) is 0.179. The SMILES string of the molecule is COC(CO)[C@H](O)C=Cn1cnc2c(N)nc(Cl)nc21. The summed E-state index contributed by atoms with van der Waals surface area (Å²) in [6.45, 7) is -0.298. The average Bonchev–Trinajstić information content (AvgIpc) is 2.81. The molecule has 0 aliphatic carbocycles. The van der Waals surface area contributed by atoms with Crippen molar-refractivity contribution in [2.75, 3.05) is 19.5 Å². The van der Waals surface area contributed by atoms with E-state index in [2.05, 4.69) is 15.0 Å². The fourth-order valence-corrected chi connectivity index (χ4v) is 1.82. The van der Waals surface area contributed by atoms with E-state index in [-0.39, 0.29) is 17.7 Å². The number of aromatic nitrogens is 4. The van der Waals surface area contributed by atoms with Gasteiger partial charge < -0.3 is 20.7 Å². The summed E-state index contributed by atoms with van der Waals surface area (Å²) in [7, 11) is 1.40. The van der Waals surface area contributed by atoms with Crippen molar-refractivity contribution in [2.24, 2.45) is 0 Å². The molecular formula is C11H14ClN5O3. The fourth-order valence-electron chi connectivity index (χ4n) is 1.65. The van der Waals surface area contributed by atoms with Gasteiger partial charge in [-0.3, -0.25) is 4.57 Å². The van der Waals surface area contributed by atoms with Gasteiger partial charge in [0.1, 0.15) is 18.5 Å². The second-order valence-corrected chi connectivity index (χ2v) is 4.33. The molecule has 8 nitrogen and oxygen atoms in total. The van der Waals surface area contributed by atoms with Gasteiger partial charge in [0.15, 0.2) is 17.0 Å². The number of hydrogen-bond acceptors (Lipinski definition) is 7. The highest BCUT2D eigenvalue weighted by Gasteiger charge is 2.15. The zero-order valence-corrected chi connectivity index (χ0v) is 11.4. The lowest BCUT2D eigenvalue weighted by Gasteiger charge is -2.15. The highest BCUT2D eigenvalue weighted by atomic mass is 35.5. The highest BCUT2D eigenvalue weighted by molar-refractivity contribution is 6.28. The third-order valence-electron chi connectivity index (χ3n) is 2.73. The molecule has 2 atom stereocenters. The Bertz CT molecular complexity index is 626. The Morgan fingerprint density at radius 2 is 2.30 bits per heavy atom. The van der Waals surface area contributed by atoms with Crippen molar-refractivity contribution in [3.8, 4) is 0 Å². The van der Waals surface area contributed by atoms with Gasteiger partial charge in [0.05, 0.1) is 6.61 Å². The van der Waals surface area contributed by atoms with E-state index in [0.717, 1.165) is 0 Å². The number of aliphatic hydroxyl groups is 2. The third-order valence-corrected chi connectivity index (χ3v) is 2.90. The molecule has 1 unspecified atom stereocenters. The molecular weight excluding hydrogens is 286 g/mol. The molecule has 0 saturated carbocycles. The number of methoxy groups -OCH3 is 1. The van der Waals surface area contributed by atoms with Crippen LogP contribution < -0.4 is 5.73 Å². The van der Waals surface area contributed by atoms with Crippen LogP contribution in [0.2, 0.25) is 5.28 Å². The number of nitrogen functional groups attached to an aromatic ring is 1. The first-order chi connectivity index (χ1) is 9.56. The van der Waals surface area contributed by atoms with Gasteiger partial charge in [0.25, 0.3) is 0 Å². The van der Waals surface area contributed by atoms with Crippen molar-refractivity contribution < 1.29 is 14.9 Å². The molecule has 0 saturated heterocycles. The first-order valence-electron chi connectivity index (χ1n) is 5.72. The Balaban J connectivity index is 2.30. The average molecular weight is 300 g/mol. The highest BCUT2D eigenvalue weighted by Crippen LogP contribution is 2.18. The van der Waals surface area contributed by atoms with E-state index in [9.17, 15) is 5.11 Å². The van der Waals surface area contributed by atoms with Gasteiger partial charge in [-0.1, -0.05) is 0 Å². The first kappa shape index (κ1) is 14.7. The van der Waals surface area contributed by atoms with Gasteiger partial charge in [0, 0.05) is 13.3 Å². The molecule has 0 amide bonds. The van der Waals surface area contributed by atoms with Crippen LogP contribution in [-0.4, -0.2) is 55.7 Å². The molecule has 2 rings (SSSR count). The number of ether oxygens (including phenoxy) is 1.